The molecule has 0 aliphatic carbocycles. The van der Waals surface area contributed by atoms with Crippen LogP contribution in [0.4, 0.5) is 0 Å². The van der Waals surface area contributed by atoms with Gasteiger partial charge in [0.15, 0.2) is 0 Å². The third-order valence-corrected chi connectivity index (χ3v) is 6.08. The largest absolute Gasteiger partial charge is 0.464 e. The molecule has 0 aliphatic heterocycles. The van der Waals surface area contributed by atoms with Crippen LogP contribution in [-0.4, -0.2) is 36.6 Å². The number of carbonyl (C=O) groups excluding carboxylic acids is 3. The van der Waals surface area contributed by atoms with E-state index in [0.717, 1.165) is 11.3 Å². The highest BCUT2D eigenvalue weighted by Gasteiger charge is 2.49. The molecule has 0 aromatic carbocycles. The molecule has 1 aromatic heterocycles. The molecule has 1 N–H and O–H groups in total. The van der Waals surface area contributed by atoms with Crippen LogP contribution in [0.2, 0.25) is 0 Å². The standard InChI is InChI=1S/C23H37NO5S/c1-5-8-9-10-11-12-13-19-14-15-20(30-19)16-17-23(24-18(4)25,21(26)28-6-2)22(27)29-7-3/h14-15H,5-13,16-17H2,1-4H3,(H,24,25). The number of thiophene rings is 1. The van der Waals surface area contributed by atoms with E-state index in [1.54, 1.807) is 25.2 Å². The van der Waals surface area contributed by atoms with Crippen molar-refractivity contribution in [2.45, 2.75) is 91.0 Å². The van der Waals surface area contributed by atoms with Crippen molar-refractivity contribution in [3.63, 3.8) is 0 Å². The molecule has 1 aromatic rings. The first kappa shape index (κ1) is 26.1. The van der Waals surface area contributed by atoms with Crippen LogP contribution in [0.3, 0.4) is 0 Å². The highest BCUT2D eigenvalue weighted by Crippen LogP contribution is 2.25. The van der Waals surface area contributed by atoms with Crippen molar-refractivity contribution in [3.8, 4) is 0 Å². The number of nitrogens with one attached hydrogen (secondary N) is 1. The Morgan fingerprint density at radius 1 is 0.867 bits per heavy atom. The van der Waals surface area contributed by atoms with Gasteiger partial charge in [0.05, 0.1) is 13.2 Å². The van der Waals surface area contributed by atoms with E-state index in [1.807, 2.05) is 6.07 Å². The van der Waals surface area contributed by atoms with Gasteiger partial charge in [-0.15, -0.1) is 11.3 Å². The molecule has 7 heteroatoms. The van der Waals surface area contributed by atoms with Gasteiger partial charge in [-0.2, -0.15) is 0 Å². The van der Waals surface area contributed by atoms with Crippen LogP contribution in [0.5, 0.6) is 0 Å². The summed E-state index contributed by atoms with van der Waals surface area (Å²) < 4.78 is 10.2. The molecule has 0 unspecified atom stereocenters. The summed E-state index contributed by atoms with van der Waals surface area (Å²) in [5.74, 6) is -2.03. The van der Waals surface area contributed by atoms with Gasteiger partial charge in [-0.05, 0) is 51.7 Å². The average molecular weight is 440 g/mol. The van der Waals surface area contributed by atoms with Gasteiger partial charge in [0.2, 0.25) is 11.4 Å². The normalized spacial score (nSPS) is 11.2. The molecular formula is C23H37NO5S. The molecule has 0 bridgehead atoms. The molecule has 0 radical (unpaired) electrons. The quantitative estimate of drug-likeness (QED) is 0.246. The highest BCUT2D eigenvalue weighted by molar-refractivity contribution is 7.11. The molecule has 0 fully saturated rings. The lowest BCUT2D eigenvalue weighted by Gasteiger charge is -2.29. The Balaban J connectivity index is 2.78. The van der Waals surface area contributed by atoms with Crippen molar-refractivity contribution in [2.24, 2.45) is 0 Å². The molecular weight excluding hydrogens is 402 g/mol. The molecule has 0 aliphatic rings. The predicted molar refractivity (Wildman–Crippen MR) is 120 cm³/mol. The van der Waals surface area contributed by atoms with Crippen LogP contribution in [-0.2, 0) is 36.7 Å². The Labute approximate surface area is 184 Å². The van der Waals surface area contributed by atoms with Crippen molar-refractivity contribution in [2.75, 3.05) is 13.2 Å². The number of esters is 2. The SMILES string of the molecule is CCCCCCCCc1ccc(CCC(NC(C)=O)(C(=O)OCC)C(=O)OCC)s1. The monoisotopic (exact) mass is 439 g/mol. The zero-order chi connectivity index (χ0) is 22.4. The lowest BCUT2D eigenvalue weighted by atomic mass is 9.92. The third-order valence-electron chi connectivity index (χ3n) is 4.88. The van der Waals surface area contributed by atoms with Crippen molar-refractivity contribution >= 4 is 29.2 Å². The first-order chi connectivity index (χ1) is 14.4. The minimum Gasteiger partial charge on any atom is -0.464 e. The minimum absolute atomic E-state index is 0.0984. The van der Waals surface area contributed by atoms with Crippen LogP contribution in [0.1, 0.15) is 82.4 Å². The van der Waals surface area contributed by atoms with Crippen LogP contribution in [0.25, 0.3) is 0 Å². The molecule has 6 nitrogen and oxygen atoms in total. The Hall–Kier alpha value is -1.89. The fourth-order valence-corrected chi connectivity index (χ4v) is 4.40. The maximum absolute atomic E-state index is 12.7. The van der Waals surface area contributed by atoms with Crippen molar-refractivity contribution in [1.29, 1.82) is 0 Å². The molecule has 1 amide bonds. The topological polar surface area (TPSA) is 81.7 Å². The molecule has 0 atom stereocenters. The maximum atomic E-state index is 12.7. The number of hydrogen-bond donors (Lipinski definition) is 1. The number of carbonyl (C=O) groups is 3. The summed E-state index contributed by atoms with van der Waals surface area (Å²) >= 11 is 1.69. The molecule has 0 spiro atoms. The van der Waals surface area contributed by atoms with Gasteiger partial charge >= 0.3 is 11.9 Å². The van der Waals surface area contributed by atoms with Crippen LogP contribution in [0, 0.1) is 0 Å². The molecule has 1 heterocycles. The van der Waals surface area contributed by atoms with E-state index in [1.165, 1.54) is 50.3 Å². The fourth-order valence-electron chi connectivity index (χ4n) is 3.34. The van der Waals surface area contributed by atoms with E-state index in [0.29, 0.717) is 6.42 Å². The number of rotatable bonds is 15. The number of unbranched alkanes of at least 4 members (excludes halogenated alkanes) is 5. The lowest BCUT2D eigenvalue weighted by Crippen LogP contribution is -2.61. The lowest BCUT2D eigenvalue weighted by molar-refractivity contribution is -0.168. The van der Waals surface area contributed by atoms with E-state index < -0.39 is 23.4 Å². The van der Waals surface area contributed by atoms with Gasteiger partial charge in [-0.3, -0.25) is 4.79 Å². The fraction of sp³-hybridized carbons (Fsp3) is 0.696. The van der Waals surface area contributed by atoms with Gasteiger partial charge < -0.3 is 14.8 Å². The molecule has 1 rings (SSSR count). The summed E-state index contributed by atoms with van der Waals surface area (Å²) in [6, 6.07) is 4.15. The van der Waals surface area contributed by atoms with E-state index in [9.17, 15) is 14.4 Å². The van der Waals surface area contributed by atoms with E-state index in [-0.39, 0.29) is 19.6 Å². The summed E-state index contributed by atoms with van der Waals surface area (Å²) in [5, 5.41) is 2.51. The maximum Gasteiger partial charge on any atom is 0.343 e. The second-order valence-corrected chi connectivity index (χ2v) is 8.67. The van der Waals surface area contributed by atoms with Gasteiger partial charge in [0, 0.05) is 16.7 Å². The van der Waals surface area contributed by atoms with Gasteiger partial charge in [-0.25, -0.2) is 9.59 Å². The molecule has 0 saturated carbocycles. The number of ether oxygens (including phenoxy) is 2. The zero-order valence-corrected chi connectivity index (χ0v) is 19.7. The third kappa shape index (κ3) is 8.46. The van der Waals surface area contributed by atoms with Gasteiger partial charge in [0.1, 0.15) is 0 Å². The molecule has 0 saturated heterocycles. The average Bonchev–Trinajstić information content (AvgIpc) is 3.15. The summed E-state index contributed by atoms with van der Waals surface area (Å²) in [5.41, 5.74) is -1.82. The Kier molecular flexibility index (Phi) is 12.4. The van der Waals surface area contributed by atoms with Crippen molar-refractivity contribution < 1.29 is 23.9 Å². The van der Waals surface area contributed by atoms with E-state index in [4.69, 9.17) is 9.47 Å². The Morgan fingerprint density at radius 2 is 1.40 bits per heavy atom. The van der Waals surface area contributed by atoms with Crippen LogP contribution >= 0.6 is 11.3 Å². The first-order valence-corrected chi connectivity index (χ1v) is 11.9. The van der Waals surface area contributed by atoms with Crippen molar-refractivity contribution in [1.82, 2.24) is 5.32 Å². The summed E-state index contributed by atoms with van der Waals surface area (Å²) in [7, 11) is 0. The summed E-state index contributed by atoms with van der Waals surface area (Å²) in [6.45, 7) is 7.04. The second-order valence-electron chi connectivity index (χ2n) is 7.41. The minimum atomic E-state index is -1.82. The second kappa shape index (κ2) is 14.2. The smallest absolute Gasteiger partial charge is 0.343 e. The number of amides is 1. The van der Waals surface area contributed by atoms with E-state index >= 15 is 0 Å². The zero-order valence-electron chi connectivity index (χ0n) is 18.9. The molecule has 170 valence electrons. The molecule has 30 heavy (non-hydrogen) atoms. The summed E-state index contributed by atoms with van der Waals surface area (Å²) in [4.78, 5) is 39.5. The number of aryl methyl sites for hydroxylation is 2. The van der Waals surface area contributed by atoms with Gasteiger partial charge in [0.25, 0.3) is 0 Å². The highest BCUT2D eigenvalue weighted by atomic mass is 32.1. The summed E-state index contributed by atoms with van der Waals surface area (Å²) in [6.07, 6.45) is 9.18. The van der Waals surface area contributed by atoms with E-state index in [2.05, 4.69) is 18.3 Å². The van der Waals surface area contributed by atoms with Crippen LogP contribution < -0.4 is 5.32 Å². The predicted octanol–water partition coefficient (Wildman–Crippen LogP) is 4.58. The first-order valence-electron chi connectivity index (χ1n) is 11.1. The number of hydrogen-bond acceptors (Lipinski definition) is 6. The van der Waals surface area contributed by atoms with Crippen LogP contribution in [0.15, 0.2) is 12.1 Å². The Bertz CT molecular complexity index is 652. The van der Waals surface area contributed by atoms with Crippen molar-refractivity contribution in [3.05, 3.63) is 21.9 Å². The Morgan fingerprint density at radius 3 is 1.93 bits per heavy atom. The van der Waals surface area contributed by atoms with Gasteiger partial charge in [-0.1, -0.05) is 39.0 Å².